The van der Waals surface area contributed by atoms with Crippen LogP contribution in [0.15, 0.2) is 147 Å². The fraction of sp³-hybridized carbons (Fsp3) is 0. The lowest BCUT2D eigenvalue weighted by molar-refractivity contribution is 1.28. The van der Waals surface area contributed by atoms with Crippen molar-refractivity contribution in [3.05, 3.63) is 147 Å². The molecule has 0 aliphatic carbocycles. The van der Waals surface area contributed by atoms with Crippen molar-refractivity contribution < 1.29 is 0 Å². The molecule has 0 aliphatic rings. The Kier molecular flexibility index (Phi) is 5.68. The lowest BCUT2D eigenvalue weighted by Crippen LogP contribution is -1.89. The molecule has 0 bridgehead atoms. The van der Waals surface area contributed by atoms with Gasteiger partial charge in [0.15, 0.2) is 0 Å². The summed E-state index contributed by atoms with van der Waals surface area (Å²) in [6.45, 7) is 0. The summed E-state index contributed by atoms with van der Waals surface area (Å²) in [5.74, 6) is 0. The summed E-state index contributed by atoms with van der Waals surface area (Å²) < 4.78 is 4.68. The first kappa shape index (κ1) is 29.5. The summed E-state index contributed by atoms with van der Waals surface area (Å²) in [5, 5.41) is 6.50. The van der Waals surface area contributed by atoms with Gasteiger partial charge in [-0.3, -0.25) is 39.9 Å². The van der Waals surface area contributed by atoms with Crippen molar-refractivity contribution in [1.82, 2.24) is 48.7 Å². The van der Waals surface area contributed by atoms with Crippen LogP contribution < -0.4 is 0 Å². The van der Waals surface area contributed by atoms with Crippen LogP contribution >= 0.6 is 0 Å². The van der Waals surface area contributed by atoms with E-state index < -0.39 is 0 Å². The zero-order valence-electron chi connectivity index (χ0n) is 29.3. The largest absolute Gasteiger partial charge is 0.305 e. The number of pyridine rings is 8. The van der Waals surface area contributed by atoms with Crippen LogP contribution in [0, 0.1) is 0 Å². The molecule has 0 fully saturated rings. The first-order chi connectivity index (χ1) is 27.8. The Morgan fingerprint density at radius 1 is 0.339 bits per heavy atom. The Bertz CT molecular complexity index is 3440. The molecule has 10 nitrogen and oxygen atoms in total. The topological polar surface area (TPSA) is 112 Å². The van der Waals surface area contributed by atoms with E-state index >= 15 is 0 Å². The summed E-state index contributed by atoms with van der Waals surface area (Å²) in [7, 11) is 0. The van der Waals surface area contributed by atoms with Gasteiger partial charge < -0.3 is 8.80 Å². The summed E-state index contributed by atoms with van der Waals surface area (Å²) in [6.07, 6.45) is 26.6. The van der Waals surface area contributed by atoms with Crippen LogP contribution in [-0.4, -0.2) is 48.7 Å². The monoisotopic (exact) mass is 716 g/mol. The van der Waals surface area contributed by atoms with Gasteiger partial charge in [-0.2, -0.15) is 0 Å². The van der Waals surface area contributed by atoms with Gasteiger partial charge in [-0.1, -0.05) is 24.3 Å². The molecule has 0 saturated heterocycles. The molecule has 12 heterocycles. The van der Waals surface area contributed by atoms with E-state index in [1.807, 2.05) is 86.2 Å². The minimum absolute atomic E-state index is 0.920. The van der Waals surface area contributed by atoms with Gasteiger partial charge in [0, 0.05) is 151 Å². The normalized spacial score (nSPS) is 12.3. The van der Waals surface area contributed by atoms with E-state index in [9.17, 15) is 0 Å². The molecule has 0 N–H and O–H groups in total. The van der Waals surface area contributed by atoms with E-state index in [2.05, 4.69) is 65.1 Å². The molecule has 0 aliphatic heterocycles. The summed E-state index contributed by atoms with van der Waals surface area (Å²) in [4.78, 5) is 38.0. The number of hydrogen-bond acceptors (Lipinski definition) is 8. The predicted octanol–water partition coefficient (Wildman–Crippen LogP) is 9.81. The van der Waals surface area contributed by atoms with Crippen LogP contribution in [0.1, 0.15) is 0 Å². The Labute approximate surface area is 316 Å². The van der Waals surface area contributed by atoms with Crippen LogP contribution in [0.4, 0.5) is 0 Å². The summed E-state index contributed by atoms with van der Waals surface area (Å²) in [6, 6.07) is 20.8. The molecule has 12 aromatic heterocycles. The molecule has 13 aromatic rings. The zero-order chi connectivity index (χ0) is 36.5. The molecular formula is C46H24N10. The van der Waals surface area contributed by atoms with Gasteiger partial charge in [0.1, 0.15) is 0 Å². The summed E-state index contributed by atoms with van der Waals surface area (Å²) >= 11 is 0. The van der Waals surface area contributed by atoms with E-state index in [-0.39, 0.29) is 0 Å². The van der Waals surface area contributed by atoms with E-state index in [1.54, 1.807) is 24.8 Å². The molecule has 258 valence electrons. The third-order valence-corrected chi connectivity index (χ3v) is 11.4. The second-order valence-electron chi connectivity index (χ2n) is 14.2. The highest BCUT2D eigenvalue weighted by atomic mass is 15.0. The van der Waals surface area contributed by atoms with Gasteiger partial charge in [-0.05, 0) is 36.4 Å². The molecule has 1 aromatic carbocycles. The van der Waals surface area contributed by atoms with E-state index in [1.165, 1.54) is 0 Å². The second kappa shape index (κ2) is 10.8. The van der Waals surface area contributed by atoms with Crippen molar-refractivity contribution >= 4 is 76.5 Å². The average Bonchev–Trinajstić information content (AvgIpc) is 4.00. The van der Waals surface area contributed by atoms with Crippen molar-refractivity contribution in [2.24, 2.45) is 0 Å². The van der Waals surface area contributed by atoms with Crippen molar-refractivity contribution in [2.75, 3.05) is 0 Å². The molecule has 0 unspecified atom stereocenters. The van der Waals surface area contributed by atoms with Crippen LogP contribution in [0.5, 0.6) is 0 Å². The molecule has 0 spiro atoms. The highest BCUT2D eigenvalue weighted by Gasteiger charge is 2.28. The molecular weight excluding hydrogens is 693 g/mol. The fourth-order valence-electron chi connectivity index (χ4n) is 9.13. The number of nitrogens with zero attached hydrogens (tertiary/aromatic N) is 10. The number of benzene rings is 1. The highest BCUT2D eigenvalue weighted by molar-refractivity contribution is 6.32. The van der Waals surface area contributed by atoms with E-state index in [4.69, 9.17) is 19.9 Å². The lowest BCUT2D eigenvalue weighted by atomic mass is 9.97. The molecule has 13 rings (SSSR count). The van der Waals surface area contributed by atoms with Crippen molar-refractivity contribution in [3.8, 4) is 44.5 Å². The SMILES string of the molecule is c1cncc(-c2cncc3c2c2c(-c4cccnc4)cnc4c5cc6c7ncc(-c8cccnc8)c8c9c(-c%10cccnc%10)cncc9n(c6cc5n3c42)c78)c1. The maximum absolute atomic E-state index is 5.22. The van der Waals surface area contributed by atoms with Crippen molar-refractivity contribution in [2.45, 2.75) is 0 Å². The first-order valence-electron chi connectivity index (χ1n) is 18.3. The lowest BCUT2D eigenvalue weighted by Gasteiger charge is -2.08. The number of hydrogen-bond donors (Lipinski definition) is 0. The minimum Gasteiger partial charge on any atom is -0.305 e. The number of fused-ring (bicyclic) bond motifs is 12. The van der Waals surface area contributed by atoms with Gasteiger partial charge >= 0.3 is 0 Å². The van der Waals surface area contributed by atoms with Crippen LogP contribution in [0.25, 0.3) is 121 Å². The molecule has 0 radical (unpaired) electrons. The minimum atomic E-state index is 0.920. The molecule has 0 atom stereocenters. The second-order valence-corrected chi connectivity index (χ2v) is 14.2. The average molecular weight is 717 g/mol. The third kappa shape index (κ3) is 3.74. The van der Waals surface area contributed by atoms with Crippen molar-refractivity contribution in [3.63, 3.8) is 0 Å². The Morgan fingerprint density at radius 3 is 1.11 bits per heavy atom. The van der Waals surface area contributed by atoms with Crippen LogP contribution in [0.2, 0.25) is 0 Å². The standard InChI is InChI=1S/C46H24N10/c1-5-25(15-47-9-1)31-19-51-23-37-39(31)41-33(27-7-3-11-49-17-27)21-53-43-29-13-30-36(14-35(29)55(37)45(41)43)56-38-24-52-20-32(26-6-2-10-48-16-26)40(38)42-34(22-54-44(30)46(42)56)28-8-4-12-50-18-28/h1-24H. The highest BCUT2D eigenvalue weighted by Crippen LogP contribution is 2.49. The Hall–Kier alpha value is -7.98. The quantitative estimate of drug-likeness (QED) is 0.177. The van der Waals surface area contributed by atoms with Gasteiger partial charge in [0.2, 0.25) is 0 Å². The van der Waals surface area contributed by atoms with E-state index in [0.717, 1.165) is 121 Å². The van der Waals surface area contributed by atoms with Crippen LogP contribution in [-0.2, 0) is 0 Å². The number of aromatic nitrogens is 10. The van der Waals surface area contributed by atoms with Crippen molar-refractivity contribution in [1.29, 1.82) is 0 Å². The fourth-order valence-corrected chi connectivity index (χ4v) is 9.13. The first-order valence-corrected chi connectivity index (χ1v) is 18.3. The van der Waals surface area contributed by atoms with Crippen LogP contribution in [0.3, 0.4) is 0 Å². The van der Waals surface area contributed by atoms with Gasteiger partial charge in [0.05, 0.1) is 56.5 Å². The molecule has 10 heteroatoms. The smallest absolute Gasteiger partial charge is 0.0970 e. The maximum Gasteiger partial charge on any atom is 0.0970 e. The molecule has 56 heavy (non-hydrogen) atoms. The zero-order valence-corrected chi connectivity index (χ0v) is 29.3. The molecule has 0 saturated carbocycles. The summed E-state index contributed by atoms with van der Waals surface area (Å²) in [5.41, 5.74) is 16.0. The van der Waals surface area contributed by atoms with Gasteiger partial charge in [0.25, 0.3) is 0 Å². The Balaban J connectivity index is 1.23. The van der Waals surface area contributed by atoms with Gasteiger partial charge in [-0.15, -0.1) is 0 Å². The van der Waals surface area contributed by atoms with E-state index in [0.29, 0.717) is 0 Å². The van der Waals surface area contributed by atoms with Gasteiger partial charge in [-0.25, -0.2) is 0 Å². The predicted molar refractivity (Wildman–Crippen MR) is 220 cm³/mol. The third-order valence-electron chi connectivity index (χ3n) is 11.4. The Morgan fingerprint density at radius 2 is 0.732 bits per heavy atom. The number of rotatable bonds is 4. The maximum atomic E-state index is 5.22. The molecule has 0 amide bonds.